The van der Waals surface area contributed by atoms with Crippen LogP contribution in [0.25, 0.3) is 0 Å². The Labute approximate surface area is 228 Å². The Kier molecular flexibility index (Phi) is 7.82. The number of hydrogen-bond donors (Lipinski definition) is 2. The Bertz CT molecular complexity index is 1170. The Morgan fingerprint density at radius 2 is 1.97 bits per heavy atom. The molecule has 10 heteroatoms. The van der Waals surface area contributed by atoms with E-state index >= 15 is 0 Å². The summed E-state index contributed by atoms with van der Waals surface area (Å²) in [5.74, 6) is 0.100. The second kappa shape index (κ2) is 11.5. The zero-order valence-corrected chi connectivity index (χ0v) is 22.5. The van der Waals surface area contributed by atoms with E-state index in [0.29, 0.717) is 61.5 Å². The molecule has 4 aliphatic heterocycles. The third-order valence-electron chi connectivity index (χ3n) is 8.62. The Morgan fingerprint density at radius 1 is 1.21 bits per heavy atom. The molecule has 1 amide bonds. The third kappa shape index (κ3) is 5.67. The van der Waals surface area contributed by atoms with Crippen LogP contribution in [0.2, 0.25) is 0 Å². The molecule has 0 radical (unpaired) electrons. The van der Waals surface area contributed by atoms with Crippen LogP contribution < -0.4 is 15.0 Å². The second-order valence-corrected chi connectivity index (χ2v) is 11.3. The first-order valence-corrected chi connectivity index (χ1v) is 14.1. The molecule has 1 aromatic heterocycles. The number of ether oxygens (including phenoxy) is 2. The summed E-state index contributed by atoms with van der Waals surface area (Å²) in [6.07, 6.45) is 2.85. The zero-order valence-electron chi connectivity index (χ0n) is 22.5. The minimum absolute atomic E-state index is 0.0230. The van der Waals surface area contributed by atoms with Crippen molar-refractivity contribution in [3.8, 4) is 5.88 Å². The van der Waals surface area contributed by atoms with E-state index < -0.39 is 0 Å². The summed E-state index contributed by atoms with van der Waals surface area (Å²) < 4.78 is 25.0. The van der Waals surface area contributed by atoms with Gasteiger partial charge in [-0.15, -0.1) is 0 Å². The Balaban J connectivity index is 1.20. The van der Waals surface area contributed by atoms with Gasteiger partial charge >= 0.3 is 0 Å². The first-order chi connectivity index (χ1) is 19.0. The highest BCUT2D eigenvalue weighted by Gasteiger charge is 2.40. The van der Waals surface area contributed by atoms with Gasteiger partial charge in [-0.3, -0.25) is 14.6 Å². The van der Waals surface area contributed by atoms with Crippen molar-refractivity contribution in [2.45, 2.75) is 57.0 Å². The molecule has 39 heavy (non-hydrogen) atoms. The first-order valence-electron chi connectivity index (χ1n) is 14.1. The average Bonchev–Trinajstić information content (AvgIpc) is 3.14. The van der Waals surface area contributed by atoms with E-state index in [9.17, 15) is 14.3 Å². The van der Waals surface area contributed by atoms with E-state index in [-0.39, 0.29) is 24.4 Å². The minimum atomic E-state index is -0.295. The number of hydrogen-bond acceptors (Lipinski definition) is 8. The summed E-state index contributed by atoms with van der Waals surface area (Å²) >= 11 is 0. The lowest BCUT2D eigenvalue weighted by Gasteiger charge is -2.44. The second-order valence-electron chi connectivity index (χ2n) is 11.3. The number of benzene rings is 1. The molecule has 0 aliphatic carbocycles. The number of piperazine rings is 1. The molecule has 3 fully saturated rings. The quantitative estimate of drug-likeness (QED) is 0.548. The molecule has 0 saturated carbocycles. The average molecular weight is 540 g/mol. The van der Waals surface area contributed by atoms with Crippen molar-refractivity contribution in [1.29, 1.82) is 0 Å². The largest absolute Gasteiger partial charge is 0.474 e. The topological polar surface area (TPSA) is 90.4 Å². The lowest BCUT2D eigenvalue weighted by Crippen LogP contribution is -2.62. The number of aromatic nitrogens is 1. The van der Waals surface area contributed by atoms with Gasteiger partial charge in [0.25, 0.3) is 0 Å². The van der Waals surface area contributed by atoms with E-state index in [1.54, 1.807) is 17.0 Å². The molecule has 4 aliphatic rings. The monoisotopic (exact) mass is 539 g/mol. The van der Waals surface area contributed by atoms with E-state index in [0.717, 1.165) is 44.0 Å². The third-order valence-corrected chi connectivity index (χ3v) is 8.62. The van der Waals surface area contributed by atoms with Crippen molar-refractivity contribution < 1.29 is 23.8 Å². The molecule has 4 atom stereocenters. The van der Waals surface area contributed by atoms with Crippen LogP contribution in [-0.2, 0) is 22.6 Å². The molecule has 2 bridgehead atoms. The highest BCUT2D eigenvalue weighted by Crippen LogP contribution is 2.34. The minimum Gasteiger partial charge on any atom is -0.474 e. The summed E-state index contributed by atoms with van der Waals surface area (Å²) in [7, 11) is 0. The Hall–Kier alpha value is -2.63. The van der Waals surface area contributed by atoms with Gasteiger partial charge in [-0.2, -0.15) is 0 Å². The summed E-state index contributed by atoms with van der Waals surface area (Å²) in [6.45, 7) is 7.26. The summed E-state index contributed by atoms with van der Waals surface area (Å²) in [5.41, 5.74) is 2.83. The van der Waals surface area contributed by atoms with Crippen LogP contribution in [-0.4, -0.2) is 103 Å². The van der Waals surface area contributed by atoms with Crippen LogP contribution in [0.5, 0.6) is 5.88 Å². The molecule has 2 N–H and O–H groups in total. The van der Waals surface area contributed by atoms with E-state index in [4.69, 9.17) is 9.47 Å². The SMILES string of the molecule is C[C@@H]1CN(CC(=O)N2CCOc3nc(CO)c(Cc4ccc(F)cc4)cc32)[C@@H](CN2C3CCC2COC3)CN1. The number of amides is 1. The highest BCUT2D eigenvalue weighted by molar-refractivity contribution is 5.96. The lowest BCUT2D eigenvalue weighted by molar-refractivity contribution is -0.121. The standard InChI is InChI=1S/C29H38FN5O4/c1-19-13-33(25(12-31-19)14-35-23-6-7-24(35)18-38-17-23)15-28(37)34-8-9-39-29-27(34)11-21(26(16-36)32-29)10-20-2-4-22(30)5-3-20/h2-5,11,19,23-25,31,36H,6-10,12-18H2,1H3/t19-,23?,24?,25-/m1/s1. The molecule has 9 nitrogen and oxygen atoms in total. The van der Waals surface area contributed by atoms with Crippen molar-refractivity contribution in [2.75, 3.05) is 57.4 Å². The van der Waals surface area contributed by atoms with Gasteiger partial charge in [0, 0.05) is 43.8 Å². The smallest absolute Gasteiger partial charge is 0.241 e. The molecule has 0 spiro atoms. The maximum absolute atomic E-state index is 13.8. The molecular weight excluding hydrogens is 501 g/mol. The molecule has 1 aromatic carbocycles. The van der Waals surface area contributed by atoms with Crippen molar-refractivity contribution in [3.05, 3.63) is 53.0 Å². The van der Waals surface area contributed by atoms with Gasteiger partial charge in [-0.05, 0) is 55.5 Å². The van der Waals surface area contributed by atoms with Gasteiger partial charge in [0.15, 0.2) is 0 Å². The number of anilines is 1. The van der Waals surface area contributed by atoms with Crippen LogP contribution in [0.1, 0.15) is 36.6 Å². The fourth-order valence-electron chi connectivity index (χ4n) is 6.51. The normalized spacial score (nSPS) is 27.3. The van der Waals surface area contributed by atoms with E-state index in [1.165, 1.54) is 25.0 Å². The van der Waals surface area contributed by atoms with E-state index in [2.05, 4.69) is 27.0 Å². The number of carbonyl (C=O) groups is 1. The fourth-order valence-corrected chi connectivity index (χ4v) is 6.51. The van der Waals surface area contributed by atoms with Crippen LogP contribution in [0, 0.1) is 5.82 Å². The van der Waals surface area contributed by atoms with Gasteiger partial charge in [-0.25, -0.2) is 9.37 Å². The van der Waals surface area contributed by atoms with Crippen molar-refractivity contribution in [1.82, 2.24) is 20.1 Å². The number of aliphatic hydroxyl groups is 1. The molecule has 2 unspecified atom stereocenters. The van der Waals surface area contributed by atoms with Crippen molar-refractivity contribution in [2.24, 2.45) is 0 Å². The van der Waals surface area contributed by atoms with Gasteiger partial charge < -0.3 is 24.8 Å². The number of nitrogens with one attached hydrogen (secondary N) is 1. The van der Waals surface area contributed by atoms with Gasteiger partial charge in [0.05, 0.1) is 38.6 Å². The predicted octanol–water partition coefficient (Wildman–Crippen LogP) is 1.55. The maximum atomic E-state index is 13.8. The van der Waals surface area contributed by atoms with Crippen LogP contribution in [0.15, 0.2) is 30.3 Å². The molecule has 210 valence electrons. The molecule has 5 heterocycles. The number of aliphatic hydroxyl groups excluding tert-OH is 1. The number of fused-ring (bicyclic) bond motifs is 3. The number of nitrogens with zero attached hydrogens (tertiary/aromatic N) is 4. The summed E-state index contributed by atoms with van der Waals surface area (Å²) in [4.78, 5) is 25.1. The van der Waals surface area contributed by atoms with Gasteiger partial charge in [0.2, 0.25) is 11.8 Å². The molecule has 6 rings (SSSR count). The molecule has 2 aromatic rings. The van der Waals surface area contributed by atoms with Gasteiger partial charge in [0.1, 0.15) is 18.1 Å². The highest BCUT2D eigenvalue weighted by atomic mass is 19.1. The molecule has 3 saturated heterocycles. The number of morpholine rings is 1. The van der Waals surface area contributed by atoms with Gasteiger partial charge in [-0.1, -0.05) is 12.1 Å². The van der Waals surface area contributed by atoms with Crippen LogP contribution in [0.4, 0.5) is 10.1 Å². The number of rotatable bonds is 7. The van der Waals surface area contributed by atoms with Crippen LogP contribution >= 0.6 is 0 Å². The maximum Gasteiger partial charge on any atom is 0.241 e. The molecular formula is C29H38FN5O4. The first kappa shape index (κ1) is 26.6. The number of pyridine rings is 1. The summed E-state index contributed by atoms with van der Waals surface area (Å²) in [5, 5.41) is 13.6. The Morgan fingerprint density at radius 3 is 2.72 bits per heavy atom. The zero-order chi connectivity index (χ0) is 26.9. The number of halogens is 1. The van der Waals surface area contributed by atoms with E-state index in [1.807, 2.05) is 6.07 Å². The number of carbonyl (C=O) groups excluding carboxylic acids is 1. The predicted molar refractivity (Wildman–Crippen MR) is 144 cm³/mol. The van der Waals surface area contributed by atoms with Crippen molar-refractivity contribution >= 4 is 11.6 Å². The lowest BCUT2D eigenvalue weighted by atomic mass is 10.0. The summed E-state index contributed by atoms with van der Waals surface area (Å²) in [6, 6.07) is 9.72. The van der Waals surface area contributed by atoms with Crippen LogP contribution in [0.3, 0.4) is 0 Å². The van der Waals surface area contributed by atoms with Crippen molar-refractivity contribution in [3.63, 3.8) is 0 Å². The fraction of sp³-hybridized carbons (Fsp3) is 0.586.